The van der Waals surface area contributed by atoms with Crippen LogP contribution in [0, 0.1) is 0 Å². The molecular formula is C7H8N4O2S. The lowest BCUT2D eigenvalue weighted by Crippen LogP contribution is -2.21. The van der Waals surface area contributed by atoms with Gasteiger partial charge in [0.2, 0.25) is 0 Å². The van der Waals surface area contributed by atoms with Crippen molar-refractivity contribution in [2.45, 2.75) is 0 Å². The summed E-state index contributed by atoms with van der Waals surface area (Å²) in [6, 6.07) is 5.10. The summed E-state index contributed by atoms with van der Waals surface area (Å²) in [6.45, 7) is 0. The van der Waals surface area contributed by atoms with Gasteiger partial charge in [-0.05, 0) is 12.1 Å². The zero-order chi connectivity index (χ0) is 10.2. The summed E-state index contributed by atoms with van der Waals surface area (Å²) < 4.78 is 23.8. The lowest BCUT2D eigenvalue weighted by Gasteiger charge is -2.03. The Labute approximate surface area is 80.3 Å². The molecule has 0 bridgehead atoms. The van der Waals surface area contributed by atoms with Crippen molar-refractivity contribution >= 4 is 26.8 Å². The van der Waals surface area contributed by atoms with Crippen molar-refractivity contribution < 1.29 is 8.42 Å². The average Bonchev–Trinajstić information content (AvgIpc) is 2.49. The molecule has 74 valence electrons. The first-order chi connectivity index (χ1) is 6.56. The van der Waals surface area contributed by atoms with E-state index in [1.165, 1.54) is 6.20 Å². The van der Waals surface area contributed by atoms with Gasteiger partial charge >= 0.3 is 0 Å². The molecule has 0 aliphatic rings. The Morgan fingerprint density at radius 3 is 2.93 bits per heavy atom. The molecule has 0 aliphatic heterocycles. The van der Waals surface area contributed by atoms with Crippen LogP contribution >= 0.6 is 0 Å². The summed E-state index contributed by atoms with van der Waals surface area (Å²) in [4.78, 5) is 0. The maximum atomic E-state index is 10.8. The molecule has 2 aromatic rings. The van der Waals surface area contributed by atoms with Crippen molar-refractivity contribution in [3.05, 3.63) is 24.4 Å². The van der Waals surface area contributed by atoms with Crippen LogP contribution in [0.1, 0.15) is 0 Å². The number of nitrogens with two attached hydrogens (primary N) is 1. The normalized spacial score (nSPS) is 11.8. The second-order valence-electron chi connectivity index (χ2n) is 2.78. The molecule has 1 aromatic heterocycles. The van der Waals surface area contributed by atoms with E-state index in [2.05, 4.69) is 14.9 Å². The van der Waals surface area contributed by atoms with Gasteiger partial charge in [0.25, 0.3) is 10.2 Å². The second kappa shape index (κ2) is 2.96. The van der Waals surface area contributed by atoms with E-state index in [1.807, 2.05) is 0 Å². The van der Waals surface area contributed by atoms with Gasteiger partial charge < -0.3 is 0 Å². The van der Waals surface area contributed by atoms with Crippen molar-refractivity contribution in [3.8, 4) is 0 Å². The molecule has 0 saturated carbocycles. The fourth-order valence-corrected chi connectivity index (χ4v) is 1.69. The van der Waals surface area contributed by atoms with E-state index in [0.29, 0.717) is 11.1 Å². The lowest BCUT2D eigenvalue weighted by atomic mass is 10.2. The topological polar surface area (TPSA) is 101 Å². The first-order valence-electron chi connectivity index (χ1n) is 3.79. The van der Waals surface area contributed by atoms with Crippen LogP contribution in [0.4, 0.5) is 5.69 Å². The zero-order valence-corrected chi connectivity index (χ0v) is 7.88. The molecule has 7 heteroatoms. The van der Waals surface area contributed by atoms with Gasteiger partial charge in [-0.25, -0.2) is 5.14 Å². The highest BCUT2D eigenvalue weighted by molar-refractivity contribution is 7.90. The molecular weight excluding hydrogens is 204 g/mol. The maximum Gasteiger partial charge on any atom is 0.296 e. The van der Waals surface area contributed by atoms with E-state index in [4.69, 9.17) is 5.14 Å². The maximum absolute atomic E-state index is 10.8. The first kappa shape index (κ1) is 8.97. The number of hydrogen-bond donors (Lipinski definition) is 3. The van der Waals surface area contributed by atoms with Crippen molar-refractivity contribution in [1.29, 1.82) is 0 Å². The Bertz CT molecular complexity index is 560. The van der Waals surface area contributed by atoms with E-state index >= 15 is 0 Å². The number of aromatic nitrogens is 2. The van der Waals surface area contributed by atoms with Gasteiger partial charge in [0.15, 0.2) is 0 Å². The number of aromatic amines is 1. The van der Waals surface area contributed by atoms with E-state index in [-0.39, 0.29) is 0 Å². The van der Waals surface area contributed by atoms with E-state index in [1.54, 1.807) is 18.2 Å². The Morgan fingerprint density at radius 2 is 2.21 bits per heavy atom. The predicted molar refractivity (Wildman–Crippen MR) is 52.8 cm³/mol. The largest absolute Gasteiger partial charge is 0.296 e. The van der Waals surface area contributed by atoms with Crippen molar-refractivity contribution in [3.63, 3.8) is 0 Å². The highest BCUT2D eigenvalue weighted by Gasteiger charge is 2.06. The van der Waals surface area contributed by atoms with Crippen LogP contribution in [-0.4, -0.2) is 18.6 Å². The number of anilines is 1. The number of hydrogen-bond acceptors (Lipinski definition) is 3. The van der Waals surface area contributed by atoms with Gasteiger partial charge in [0.05, 0.1) is 17.4 Å². The van der Waals surface area contributed by atoms with Crippen LogP contribution in [0.2, 0.25) is 0 Å². The summed E-state index contributed by atoms with van der Waals surface area (Å²) in [5, 5.41) is 12.1. The minimum atomic E-state index is -3.74. The van der Waals surface area contributed by atoms with Crippen LogP contribution < -0.4 is 9.86 Å². The molecule has 0 atom stereocenters. The van der Waals surface area contributed by atoms with Crippen LogP contribution in [-0.2, 0) is 10.2 Å². The fraction of sp³-hybridized carbons (Fsp3) is 0. The third-order valence-corrected chi connectivity index (χ3v) is 2.24. The summed E-state index contributed by atoms with van der Waals surface area (Å²) in [7, 11) is -3.74. The second-order valence-corrected chi connectivity index (χ2v) is 4.08. The van der Waals surface area contributed by atoms with Crippen LogP contribution in [0.5, 0.6) is 0 Å². The van der Waals surface area contributed by atoms with E-state index in [9.17, 15) is 8.42 Å². The standard InChI is InChI=1S/C7H8N4O2S/c8-14(12,13)11-7-3-1-2-6-5(7)4-9-10-6/h1-4,11H,(H,9,10)(H2,8,12,13). The van der Waals surface area contributed by atoms with Gasteiger partial charge in [-0.3, -0.25) is 9.82 Å². The van der Waals surface area contributed by atoms with Gasteiger partial charge in [-0.2, -0.15) is 13.5 Å². The molecule has 0 aliphatic carbocycles. The molecule has 0 amide bonds. The molecule has 4 N–H and O–H groups in total. The minimum absolute atomic E-state index is 0.416. The Balaban J connectivity index is 2.57. The van der Waals surface area contributed by atoms with Crippen molar-refractivity contribution in [2.24, 2.45) is 5.14 Å². The molecule has 0 spiro atoms. The van der Waals surface area contributed by atoms with Gasteiger partial charge in [-0.15, -0.1) is 0 Å². The SMILES string of the molecule is NS(=O)(=O)Nc1cccc2[nH]ncc12. The van der Waals surface area contributed by atoms with Gasteiger partial charge in [-0.1, -0.05) is 6.07 Å². The van der Waals surface area contributed by atoms with E-state index < -0.39 is 10.2 Å². The Hall–Kier alpha value is -1.60. The predicted octanol–water partition coefficient (Wildman–Crippen LogP) is 0.178. The molecule has 1 aromatic carbocycles. The number of nitrogens with zero attached hydrogens (tertiary/aromatic N) is 1. The fourth-order valence-electron chi connectivity index (χ4n) is 1.21. The zero-order valence-electron chi connectivity index (χ0n) is 7.06. The smallest absolute Gasteiger partial charge is 0.278 e. The molecule has 14 heavy (non-hydrogen) atoms. The summed E-state index contributed by atoms with van der Waals surface area (Å²) >= 11 is 0. The van der Waals surface area contributed by atoms with Crippen LogP contribution in [0.25, 0.3) is 10.9 Å². The summed E-state index contributed by atoms with van der Waals surface area (Å²) in [5.41, 5.74) is 1.16. The molecule has 2 rings (SSSR count). The number of benzene rings is 1. The highest BCUT2D eigenvalue weighted by Crippen LogP contribution is 2.21. The van der Waals surface area contributed by atoms with E-state index in [0.717, 1.165) is 5.52 Å². The average molecular weight is 212 g/mol. The summed E-state index contributed by atoms with van der Waals surface area (Å²) in [5.74, 6) is 0. The van der Waals surface area contributed by atoms with Crippen LogP contribution in [0.15, 0.2) is 24.4 Å². The number of rotatable bonds is 2. The third kappa shape index (κ3) is 1.68. The number of fused-ring (bicyclic) bond motifs is 1. The monoisotopic (exact) mass is 212 g/mol. The number of H-pyrrole nitrogens is 1. The van der Waals surface area contributed by atoms with Gasteiger partial charge in [0.1, 0.15) is 0 Å². The van der Waals surface area contributed by atoms with Crippen molar-refractivity contribution in [2.75, 3.05) is 4.72 Å². The Morgan fingerprint density at radius 1 is 1.43 bits per heavy atom. The van der Waals surface area contributed by atoms with Crippen LogP contribution in [0.3, 0.4) is 0 Å². The van der Waals surface area contributed by atoms with Crippen molar-refractivity contribution in [1.82, 2.24) is 10.2 Å². The highest BCUT2D eigenvalue weighted by atomic mass is 32.2. The van der Waals surface area contributed by atoms with Gasteiger partial charge in [0, 0.05) is 5.39 Å². The molecule has 6 nitrogen and oxygen atoms in total. The third-order valence-electron chi connectivity index (χ3n) is 1.74. The molecule has 1 heterocycles. The Kier molecular flexibility index (Phi) is 1.90. The lowest BCUT2D eigenvalue weighted by molar-refractivity contribution is 0.603. The molecule has 0 saturated heterocycles. The summed E-state index contributed by atoms with van der Waals surface area (Å²) in [6.07, 6.45) is 1.53. The number of nitrogens with one attached hydrogen (secondary N) is 2. The quantitative estimate of drug-likeness (QED) is 0.661. The molecule has 0 unspecified atom stereocenters. The molecule has 0 fully saturated rings. The minimum Gasteiger partial charge on any atom is -0.278 e. The first-order valence-corrected chi connectivity index (χ1v) is 5.33. The molecule has 0 radical (unpaired) electrons.